The van der Waals surface area contributed by atoms with Gasteiger partial charge < -0.3 is 5.11 Å². The third kappa shape index (κ3) is 4.62. The van der Waals surface area contributed by atoms with Crippen LogP contribution in [0.3, 0.4) is 0 Å². The van der Waals surface area contributed by atoms with Crippen molar-refractivity contribution in [3.63, 3.8) is 0 Å². The second kappa shape index (κ2) is 8.70. The van der Waals surface area contributed by atoms with Gasteiger partial charge in [0.25, 0.3) is 0 Å². The second-order valence-electron chi connectivity index (χ2n) is 8.84. The number of hydrogen-bond donors (Lipinski definition) is 1. The fraction of sp³-hybridized carbons (Fsp3) is 0.909. The van der Waals surface area contributed by atoms with Crippen molar-refractivity contribution in [2.75, 3.05) is 6.61 Å². The Kier molecular flexibility index (Phi) is 6.62. The van der Waals surface area contributed by atoms with Crippen LogP contribution in [-0.4, -0.2) is 11.7 Å². The molecule has 0 spiro atoms. The molecule has 3 fully saturated rings. The predicted octanol–water partition coefficient (Wildman–Crippen LogP) is 5.97. The monoisotopic (exact) mass is 318 g/mol. The molecule has 0 amide bonds. The second-order valence-corrected chi connectivity index (χ2v) is 8.84. The molecule has 0 aromatic heterocycles. The van der Waals surface area contributed by atoms with Crippen LogP contribution in [0.4, 0.5) is 0 Å². The SMILES string of the molecule is C/C=C/C1CCC(C2CCC(C3CCC(CO)CC3)CC2)CC1. The first-order chi connectivity index (χ1) is 11.3. The molecule has 3 aliphatic rings. The topological polar surface area (TPSA) is 20.2 Å². The van der Waals surface area contributed by atoms with Crippen LogP contribution >= 0.6 is 0 Å². The molecule has 0 unspecified atom stereocenters. The Hall–Kier alpha value is -0.300. The Morgan fingerprint density at radius 3 is 1.43 bits per heavy atom. The van der Waals surface area contributed by atoms with E-state index >= 15 is 0 Å². The van der Waals surface area contributed by atoms with Gasteiger partial charge in [0.15, 0.2) is 0 Å². The molecule has 0 aromatic rings. The van der Waals surface area contributed by atoms with Crippen LogP contribution < -0.4 is 0 Å². The van der Waals surface area contributed by atoms with Gasteiger partial charge in [-0.3, -0.25) is 0 Å². The van der Waals surface area contributed by atoms with Gasteiger partial charge in [0.1, 0.15) is 0 Å². The number of hydrogen-bond acceptors (Lipinski definition) is 1. The number of aliphatic hydroxyl groups is 1. The molecular weight excluding hydrogens is 280 g/mol. The van der Waals surface area contributed by atoms with Crippen molar-refractivity contribution in [2.45, 2.75) is 84.0 Å². The highest BCUT2D eigenvalue weighted by atomic mass is 16.3. The van der Waals surface area contributed by atoms with Crippen LogP contribution in [0.25, 0.3) is 0 Å². The Morgan fingerprint density at radius 1 is 0.652 bits per heavy atom. The fourth-order valence-electron chi connectivity index (χ4n) is 6.01. The van der Waals surface area contributed by atoms with E-state index in [1.165, 1.54) is 77.0 Å². The Morgan fingerprint density at radius 2 is 1.04 bits per heavy atom. The van der Waals surface area contributed by atoms with Crippen LogP contribution in [0.1, 0.15) is 84.0 Å². The summed E-state index contributed by atoms with van der Waals surface area (Å²) in [7, 11) is 0. The molecule has 1 N–H and O–H groups in total. The number of aliphatic hydroxyl groups excluding tert-OH is 1. The molecule has 0 saturated heterocycles. The smallest absolute Gasteiger partial charge is 0.0459 e. The summed E-state index contributed by atoms with van der Waals surface area (Å²) < 4.78 is 0. The lowest BCUT2D eigenvalue weighted by atomic mass is 9.65. The van der Waals surface area contributed by atoms with Crippen molar-refractivity contribution in [2.24, 2.45) is 35.5 Å². The summed E-state index contributed by atoms with van der Waals surface area (Å²) in [5.41, 5.74) is 0. The van der Waals surface area contributed by atoms with Crippen molar-refractivity contribution >= 4 is 0 Å². The molecule has 0 heterocycles. The predicted molar refractivity (Wildman–Crippen MR) is 98.2 cm³/mol. The quantitative estimate of drug-likeness (QED) is 0.633. The van der Waals surface area contributed by atoms with Gasteiger partial charge in [-0.1, -0.05) is 12.2 Å². The summed E-state index contributed by atoms with van der Waals surface area (Å²) in [5.74, 6) is 5.60. The van der Waals surface area contributed by atoms with Gasteiger partial charge in [-0.05, 0) is 119 Å². The minimum absolute atomic E-state index is 0.426. The van der Waals surface area contributed by atoms with Crippen LogP contribution in [0.15, 0.2) is 12.2 Å². The Bertz CT molecular complexity index is 350. The highest BCUT2D eigenvalue weighted by Gasteiger charge is 2.34. The zero-order chi connectivity index (χ0) is 16.1. The summed E-state index contributed by atoms with van der Waals surface area (Å²) in [6.07, 6.45) is 22.0. The van der Waals surface area contributed by atoms with Gasteiger partial charge >= 0.3 is 0 Å². The first kappa shape index (κ1) is 17.5. The molecule has 1 heteroatoms. The summed E-state index contributed by atoms with van der Waals surface area (Å²) >= 11 is 0. The molecule has 0 aliphatic heterocycles. The first-order valence-electron chi connectivity index (χ1n) is 10.5. The van der Waals surface area contributed by atoms with Gasteiger partial charge in [0.05, 0.1) is 0 Å². The maximum absolute atomic E-state index is 9.31. The summed E-state index contributed by atoms with van der Waals surface area (Å²) in [6, 6.07) is 0. The maximum Gasteiger partial charge on any atom is 0.0459 e. The molecule has 0 bridgehead atoms. The van der Waals surface area contributed by atoms with Crippen molar-refractivity contribution in [3.8, 4) is 0 Å². The number of allylic oxidation sites excluding steroid dienone is 2. The van der Waals surface area contributed by atoms with Crippen molar-refractivity contribution < 1.29 is 5.11 Å². The van der Waals surface area contributed by atoms with Crippen LogP contribution in [0, 0.1) is 35.5 Å². The van der Waals surface area contributed by atoms with Crippen LogP contribution in [0.5, 0.6) is 0 Å². The van der Waals surface area contributed by atoms with Gasteiger partial charge in [0.2, 0.25) is 0 Å². The first-order valence-corrected chi connectivity index (χ1v) is 10.5. The molecule has 132 valence electrons. The van der Waals surface area contributed by atoms with Gasteiger partial charge in [-0.15, -0.1) is 0 Å². The normalized spacial score (nSPS) is 42.9. The molecule has 3 rings (SSSR count). The lowest BCUT2D eigenvalue weighted by molar-refractivity contribution is 0.0953. The van der Waals surface area contributed by atoms with E-state index < -0.39 is 0 Å². The molecule has 3 aliphatic carbocycles. The Balaban J connectivity index is 1.39. The average molecular weight is 319 g/mol. The minimum atomic E-state index is 0.426. The summed E-state index contributed by atoms with van der Waals surface area (Å²) in [4.78, 5) is 0. The van der Waals surface area contributed by atoms with E-state index in [2.05, 4.69) is 19.1 Å². The molecule has 3 saturated carbocycles. The largest absolute Gasteiger partial charge is 0.396 e. The standard InChI is InChI=1S/C22H38O/c1-2-3-17-4-8-19(9-5-17)21-12-14-22(15-13-21)20-10-6-18(16-23)7-11-20/h2-3,17-23H,4-16H2,1H3/b3-2+. The third-order valence-electron chi connectivity index (χ3n) is 7.58. The van der Waals surface area contributed by atoms with Crippen LogP contribution in [-0.2, 0) is 0 Å². The number of rotatable bonds is 4. The van der Waals surface area contributed by atoms with E-state index in [0.717, 1.165) is 29.6 Å². The van der Waals surface area contributed by atoms with E-state index in [9.17, 15) is 5.11 Å². The molecular formula is C22H38O. The lowest BCUT2D eigenvalue weighted by Gasteiger charge is -2.41. The highest BCUT2D eigenvalue weighted by molar-refractivity contribution is 4.91. The molecule has 0 radical (unpaired) electrons. The van der Waals surface area contributed by atoms with E-state index in [1.807, 2.05) is 0 Å². The molecule has 0 atom stereocenters. The van der Waals surface area contributed by atoms with Crippen LogP contribution in [0.2, 0.25) is 0 Å². The molecule has 23 heavy (non-hydrogen) atoms. The summed E-state index contributed by atoms with van der Waals surface area (Å²) in [5, 5.41) is 9.31. The van der Waals surface area contributed by atoms with Gasteiger partial charge in [-0.2, -0.15) is 0 Å². The molecule has 1 nitrogen and oxygen atoms in total. The van der Waals surface area contributed by atoms with Gasteiger partial charge in [-0.25, -0.2) is 0 Å². The summed E-state index contributed by atoms with van der Waals surface area (Å²) in [6.45, 7) is 2.59. The van der Waals surface area contributed by atoms with Crippen molar-refractivity contribution in [1.82, 2.24) is 0 Å². The maximum atomic E-state index is 9.31. The van der Waals surface area contributed by atoms with E-state index in [4.69, 9.17) is 0 Å². The molecule has 0 aromatic carbocycles. The van der Waals surface area contributed by atoms with E-state index in [1.54, 1.807) is 0 Å². The zero-order valence-electron chi connectivity index (χ0n) is 15.3. The third-order valence-corrected chi connectivity index (χ3v) is 7.58. The Labute approximate surface area is 143 Å². The van der Waals surface area contributed by atoms with Crippen molar-refractivity contribution in [1.29, 1.82) is 0 Å². The van der Waals surface area contributed by atoms with E-state index in [-0.39, 0.29) is 0 Å². The average Bonchev–Trinajstić information content (AvgIpc) is 2.63. The fourth-order valence-corrected chi connectivity index (χ4v) is 6.01. The minimum Gasteiger partial charge on any atom is -0.396 e. The lowest BCUT2D eigenvalue weighted by Crippen LogP contribution is -2.30. The highest BCUT2D eigenvalue weighted by Crippen LogP contribution is 2.45. The zero-order valence-corrected chi connectivity index (χ0v) is 15.3. The van der Waals surface area contributed by atoms with E-state index in [0.29, 0.717) is 12.5 Å². The van der Waals surface area contributed by atoms with Crippen molar-refractivity contribution in [3.05, 3.63) is 12.2 Å². The van der Waals surface area contributed by atoms with Gasteiger partial charge in [0, 0.05) is 6.61 Å².